The molecule has 1 heterocycles. The summed E-state index contributed by atoms with van der Waals surface area (Å²) in [6.07, 6.45) is 2.24. The molecule has 0 amide bonds. The maximum atomic E-state index is 9.88. The van der Waals surface area contributed by atoms with Gasteiger partial charge in [0, 0.05) is 12.6 Å². The van der Waals surface area contributed by atoms with E-state index in [1.165, 1.54) is 6.42 Å². The first-order valence-electron chi connectivity index (χ1n) is 4.72. The summed E-state index contributed by atoms with van der Waals surface area (Å²) in [5.41, 5.74) is 4.75. The molecule has 1 saturated heterocycles. The molecule has 1 rings (SSSR count). The predicted molar refractivity (Wildman–Crippen MR) is 49.9 cm³/mol. The number of piperidine rings is 1. The van der Waals surface area contributed by atoms with Crippen molar-refractivity contribution in [3.63, 3.8) is 0 Å². The predicted octanol–water partition coefficient (Wildman–Crippen LogP) is 0.0842. The highest BCUT2D eigenvalue weighted by Gasteiger charge is 2.33. The molecule has 0 aromatic rings. The summed E-state index contributed by atoms with van der Waals surface area (Å²) in [6.45, 7) is 5.36. The Morgan fingerprint density at radius 1 is 1.67 bits per heavy atom. The molecule has 12 heavy (non-hydrogen) atoms. The van der Waals surface area contributed by atoms with Crippen LogP contribution in [-0.2, 0) is 0 Å². The van der Waals surface area contributed by atoms with Gasteiger partial charge in [0.25, 0.3) is 0 Å². The van der Waals surface area contributed by atoms with Gasteiger partial charge >= 0.3 is 0 Å². The number of nitrogens with one attached hydrogen (secondary N) is 1. The zero-order chi connectivity index (χ0) is 9.19. The van der Waals surface area contributed by atoms with Gasteiger partial charge in [0.1, 0.15) is 0 Å². The largest absolute Gasteiger partial charge is 0.387 e. The van der Waals surface area contributed by atoms with Gasteiger partial charge in [-0.05, 0) is 32.2 Å². The van der Waals surface area contributed by atoms with Gasteiger partial charge in [-0.25, -0.2) is 0 Å². The molecule has 1 aliphatic rings. The summed E-state index contributed by atoms with van der Waals surface area (Å²) in [4.78, 5) is 0. The first kappa shape index (κ1) is 9.96. The highest BCUT2D eigenvalue weighted by atomic mass is 16.3. The van der Waals surface area contributed by atoms with Crippen LogP contribution in [0.2, 0.25) is 0 Å². The number of aliphatic hydroxyl groups is 1. The lowest BCUT2D eigenvalue weighted by molar-refractivity contribution is 0.0111. The molecule has 1 fully saturated rings. The van der Waals surface area contributed by atoms with Crippen LogP contribution >= 0.6 is 0 Å². The SMILES string of the molecule is CC1CCNC(C(C)(O)CN)C1. The molecule has 0 bridgehead atoms. The van der Waals surface area contributed by atoms with Crippen LogP contribution in [0.15, 0.2) is 0 Å². The molecule has 0 aliphatic carbocycles. The van der Waals surface area contributed by atoms with Crippen molar-refractivity contribution in [3.05, 3.63) is 0 Å². The first-order valence-corrected chi connectivity index (χ1v) is 4.72. The molecular weight excluding hydrogens is 152 g/mol. The number of nitrogens with two attached hydrogens (primary N) is 1. The van der Waals surface area contributed by atoms with E-state index in [1.807, 2.05) is 6.92 Å². The van der Waals surface area contributed by atoms with Crippen LogP contribution in [0.25, 0.3) is 0 Å². The van der Waals surface area contributed by atoms with Gasteiger partial charge in [-0.15, -0.1) is 0 Å². The lowest BCUT2D eigenvalue weighted by Crippen LogP contribution is -2.56. The number of hydrogen-bond donors (Lipinski definition) is 3. The third-order valence-corrected chi connectivity index (χ3v) is 2.83. The molecule has 3 unspecified atom stereocenters. The van der Waals surface area contributed by atoms with Crippen molar-refractivity contribution >= 4 is 0 Å². The smallest absolute Gasteiger partial charge is 0.0893 e. The normalized spacial score (nSPS) is 36.0. The Kier molecular flexibility index (Phi) is 3.09. The Hall–Kier alpha value is -0.120. The maximum absolute atomic E-state index is 9.88. The van der Waals surface area contributed by atoms with Crippen molar-refractivity contribution in [2.45, 2.75) is 38.3 Å². The van der Waals surface area contributed by atoms with Crippen LogP contribution in [0.5, 0.6) is 0 Å². The van der Waals surface area contributed by atoms with Crippen molar-refractivity contribution in [2.24, 2.45) is 11.7 Å². The molecule has 1 aliphatic heterocycles. The van der Waals surface area contributed by atoms with Gasteiger partial charge in [-0.3, -0.25) is 0 Å². The molecule has 0 spiro atoms. The number of hydrogen-bond acceptors (Lipinski definition) is 3. The fourth-order valence-electron chi connectivity index (χ4n) is 1.72. The lowest BCUT2D eigenvalue weighted by atomic mass is 9.84. The second-order valence-electron chi connectivity index (χ2n) is 4.20. The van der Waals surface area contributed by atoms with E-state index in [0.29, 0.717) is 12.5 Å². The molecule has 0 aromatic heterocycles. The minimum absolute atomic E-state index is 0.172. The zero-order valence-electron chi connectivity index (χ0n) is 8.01. The van der Waals surface area contributed by atoms with E-state index in [2.05, 4.69) is 12.2 Å². The molecule has 0 aromatic carbocycles. The standard InChI is InChI=1S/C9H20N2O/c1-7-3-4-11-8(5-7)9(2,12)6-10/h7-8,11-12H,3-6,10H2,1-2H3. The van der Waals surface area contributed by atoms with Crippen LogP contribution in [0, 0.1) is 5.92 Å². The third-order valence-electron chi connectivity index (χ3n) is 2.83. The van der Waals surface area contributed by atoms with Gasteiger partial charge in [-0.2, -0.15) is 0 Å². The highest BCUT2D eigenvalue weighted by molar-refractivity contribution is 4.91. The van der Waals surface area contributed by atoms with E-state index in [0.717, 1.165) is 13.0 Å². The Balaban J connectivity index is 2.50. The topological polar surface area (TPSA) is 58.3 Å². The average Bonchev–Trinajstić information content (AvgIpc) is 2.05. The summed E-state index contributed by atoms with van der Waals surface area (Å²) in [7, 11) is 0. The van der Waals surface area contributed by atoms with Crippen LogP contribution < -0.4 is 11.1 Å². The molecule has 3 heteroatoms. The summed E-state index contributed by atoms with van der Waals surface area (Å²) < 4.78 is 0. The summed E-state index contributed by atoms with van der Waals surface area (Å²) in [5.74, 6) is 0.703. The molecule has 0 saturated carbocycles. The zero-order valence-corrected chi connectivity index (χ0v) is 8.01. The second-order valence-corrected chi connectivity index (χ2v) is 4.20. The fraction of sp³-hybridized carbons (Fsp3) is 1.00. The Morgan fingerprint density at radius 3 is 2.83 bits per heavy atom. The van der Waals surface area contributed by atoms with E-state index in [-0.39, 0.29) is 6.04 Å². The summed E-state index contributed by atoms with van der Waals surface area (Å²) >= 11 is 0. The van der Waals surface area contributed by atoms with Crippen molar-refractivity contribution in [3.8, 4) is 0 Å². The maximum Gasteiger partial charge on any atom is 0.0893 e. The minimum atomic E-state index is -0.741. The monoisotopic (exact) mass is 172 g/mol. The molecular formula is C9H20N2O. The quantitative estimate of drug-likeness (QED) is 0.553. The van der Waals surface area contributed by atoms with Crippen molar-refractivity contribution in [1.82, 2.24) is 5.32 Å². The average molecular weight is 172 g/mol. The van der Waals surface area contributed by atoms with Gasteiger partial charge in [-0.1, -0.05) is 6.92 Å². The van der Waals surface area contributed by atoms with Gasteiger partial charge in [0.2, 0.25) is 0 Å². The second kappa shape index (κ2) is 3.73. The lowest BCUT2D eigenvalue weighted by Gasteiger charge is -2.37. The molecule has 0 radical (unpaired) electrons. The Morgan fingerprint density at radius 2 is 2.33 bits per heavy atom. The van der Waals surface area contributed by atoms with E-state index in [4.69, 9.17) is 5.73 Å². The van der Waals surface area contributed by atoms with Crippen LogP contribution in [-0.4, -0.2) is 29.8 Å². The third kappa shape index (κ3) is 2.19. The van der Waals surface area contributed by atoms with Crippen LogP contribution in [0.1, 0.15) is 26.7 Å². The van der Waals surface area contributed by atoms with Crippen molar-refractivity contribution in [2.75, 3.05) is 13.1 Å². The van der Waals surface area contributed by atoms with Crippen LogP contribution in [0.4, 0.5) is 0 Å². The van der Waals surface area contributed by atoms with E-state index < -0.39 is 5.60 Å². The molecule has 4 N–H and O–H groups in total. The summed E-state index contributed by atoms with van der Waals surface area (Å²) in [6, 6.07) is 0.172. The van der Waals surface area contributed by atoms with Crippen molar-refractivity contribution in [1.29, 1.82) is 0 Å². The fourth-order valence-corrected chi connectivity index (χ4v) is 1.72. The first-order chi connectivity index (χ1) is 5.56. The van der Waals surface area contributed by atoms with Crippen molar-refractivity contribution < 1.29 is 5.11 Å². The van der Waals surface area contributed by atoms with E-state index >= 15 is 0 Å². The highest BCUT2D eigenvalue weighted by Crippen LogP contribution is 2.22. The van der Waals surface area contributed by atoms with Gasteiger partial charge in [0.15, 0.2) is 0 Å². The van der Waals surface area contributed by atoms with Gasteiger partial charge < -0.3 is 16.2 Å². The molecule has 72 valence electrons. The van der Waals surface area contributed by atoms with E-state index in [9.17, 15) is 5.11 Å². The molecule has 3 nitrogen and oxygen atoms in total. The molecule has 3 atom stereocenters. The Labute approximate surface area is 74.3 Å². The summed E-state index contributed by atoms with van der Waals surface area (Å²) in [5, 5.41) is 13.2. The van der Waals surface area contributed by atoms with E-state index in [1.54, 1.807) is 0 Å². The minimum Gasteiger partial charge on any atom is -0.387 e. The number of rotatable bonds is 2. The Bertz CT molecular complexity index is 147. The van der Waals surface area contributed by atoms with Crippen LogP contribution in [0.3, 0.4) is 0 Å². The van der Waals surface area contributed by atoms with Gasteiger partial charge in [0.05, 0.1) is 5.60 Å².